The number of unbranched alkanes of at least 4 members (excludes halogenated alkanes) is 3. The Morgan fingerprint density at radius 1 is 0.952 bits per heavy atom. The lowest BCUT2D eigenvalue weighted by molar-refractivity contribution is -0.999. The molecule has 21 heavy (non-hydrogen) atoms. The van der Waals surface area contributed by atoms with Crippen LogP contribution in [0, 0.1) is 5.92 Å². The fraction of sp³-hybridized carbons (Fsp3) is 1.00. The zero-order valence-corrected chi connectivity index (χ0v) is 14.0. The number of quaternary nitrogens is 1. The molecule has 0 bridgehead atoms. The average Bonchev–Trinajstić information content (AvgIpc) is 2.90. The van der Waals surface area contributed by atoms with Gasteiger partial charge in [0.1, 0.15) is 5.54 Å². The highest BCUT2D eigenvalue weighted by Gasteiger charge is 2.58. The van der Waals surface area contributed by atoms with Crippen molar-refractivity contribution in [1.29, 1.82) is 0 Å². The van der Waals surface area contributed by atoms with Crippen molar-refractivity contribution in [3.8, 4) is 0 Å². The van der Waals surface area contributed by atoms with Crippen LogP contribution in [0.25, 0.3) is 0 Å². The maximum Gasteiger partial charge on any atom is 0.101 e. The third kappa shape index (κ3) is 2.91. The molecule has 2 heterocycles. The summed E-state index contributed by atoms with van der Waals surface area (Å²) in [7, 11) is 0. The van der Waals surface area contributed by atoms with Gasteiger partial charge < -0.3 is 10.0 Å². The van der Waals surface area contributed by atoms with E-state index in [9.17, 15) is 5.11 Å². The largest absolute Gasteiger partial charge is 0.850 e. The second-order valence-corrected chi connectivity index (χ2v) is 8.08. The molecule has 2 nitrogen and oxygen atoms in total. The van der Waals surface area contributed by atoms with Gasteiger partial charge in [-0.25, -0.2) is 0 Å². The Labute approximate surface area is 131 Å². The summed E-state index contributed by atoms with van der Waals surface area (Å²) in [6.45, 7) is 2.47. The Bertz CT molecular complexity index is 332. The maximum absolute atomic E-state index is 11.8. The molecular weight excluding hydrogens is 258 g/mol. The first-order valence-corrected chi connectivity index (χ1v) is 9.77. The van der Waals surface area contributed by atoms with Crippen LogP contribution in [0.15, 0.2) is 0 Å². The van der Waals surface area contributed by atoms with Gasteiger partial charge in [0.2, 0.25) is 0 Å². The number of piperidine rings is 1. The monoisotopic (exact) mass is 293 g/mol. The van der Waals surface area contributed by atoms with Crippen molar-refractivity contribution in [2.75, 3.05) is 6.61 Å². The molecule has 2 heteroatoms. The van der Waals surface area contributed by atoms with Gasteiger partial charge in [0, 0.05) is 25.2 Å². The van der Waals surface area contributed by atoms with E-state index in [0.717, 1.165) is 12.0 Å². The molecule has 0 radical (unpaired) electrons. The van der Waals surface area contributed by atoms with Crippen LogP contribution < -0.4 is 10.0 Å². The Morgan fingerprint density at radius 2 is 1.86 bits per heavy atom. The first-order valence-electron chi connectivity index (χ1n) is 9.77. The second-order valence-electron chi connectivity index (χ2n) is 8.08. The van der Waals surface area contributed by atoms with Crippen LogP contribution in [0.1, 0.15) is 90.4 Å². The molecule has 0 aromatic carbocycles. The number of hydrogen-bond acceptors (Lipinski definition) is 1. The Kier molecular flexibility index (Phi) is 5.27. The van der Waals surface area contributed by atoms with Crippen molar-refractivity contribution in [1.82, 2.24) is 0 Å². The van der Waals surface area contributed by atoms with Crippen LogP contribution in [-0.4, -0.2) is 24.2 Å². The van der Waals surface area contributed by atoms with Crippen LogP contribution in [0.2, 0.25) is 0 Å². The van der Waals surface area contributed by atoms with E-state index in [4.69, 9.17) is 0 Å². The van der Waals surface area contributed by atoms with Crippen molar-refractivity contribution >= 4 is 0 Å². The number of hydrogen-bond donors (Lipinski definition) is 1. The molecule has 0 amide bonds. The molecule has 122 valence electrons. The van der Waals surface area contributed by atoms with Gasteiger partial charge in [-0.2, -0.15) is 0 Å². The van der Waals surface area contributed by atoms with Gasteiger partial charge in [-0.15, -0.1) is 0 Å². The molecule has 3 fully saturated rings. The SMILES string of the molecule is CCCCCC[C@@H]1CC[C@@H]2CCCC[C@@]23CC[C@H](C[O-])[NH+]13. The van der Waals surface area contributed by atoms with Crippen molar-refractivity contribution in [2.24, 2.45) is 5.92 Å². The van der Waals surface area contributed by atoms with Crippen molar-refractivity contribution in [3.05, 3.63) is 0 Å². The van der Waals surface area contributed by atoms with Gasteiger partial charge in [-0.3, -0.25) is 0 Å². The van der Waals surface area contributed by atoms with Crippen molar-refractivity contribution < 1.29 is 10.0 Å². The quantitative estimate of drug-likeness (QED) is 0.749. The van der Waals surface area contributed by atoms with Crippen LogP contribution in [-0.2, 0) is 0 Å². The van der Waals surface area contributed by atoms with Crippen molar-refractivity contribution in [2.45, 2.75) is 108 Å². The third-order valence-corrected chi connectivity index (χ3v) is 7.07. The van der Waals surface area contributed by atoms with Gasteiger partial charge in [0.15, 0.2) is 0 Å². The highest BCUT2D eigenvalue weighted by atomic mass is 16.3. The first-order chi connectivity index (χ1) is 10.3. The summed E-state index contributed by atoms with van der Waals surface area (Å²) in [5.74, 6) is 0.949. The van der Waals surface area contributed by atoms with E-state index in [1.807, 2.05) is 4.90 Å². The fourth-order valence-electron chi connectivity index (χ4n) is 6.17. The third-order valence-electron chi connectivity index (χ3n) is 7.07. The van der Waals surface area contributed by atoms with Gasteiger partial charge in [-0.05, 0) is 38.5 Å². The molecule has 0 aromatic rings. The second kappa shape index (κ2) is 7.00. The smallest absolute Gasteiger partial charge is 0.101 e. The molecule has 2 aliphatic heterocycles. The normalized spacial score (nSPS) is 42.6. The topological polar surface area (TPSA) is 27.5 Å². The van der Waals surface area contributed by atoms with Gasteiger partial charge in [-0.1, -0.05) is 39.2 Å². The van der Waals surface area contributed by atoms with Crippen molar-refractivity contribution in [3.63, 3.8) is 0 Å². The van der Waals surface area contributed by atoms with Crippen LogP contribution in [0.5, 0.6) is 0 Å². The van der Waals surface area contributed by atoms with E-state index in [1.54, 1.807) is 0 Å². The minimum Gasteiger partial charge on any atom is -0.850 e. The predicted octanol–water partition coefficient (Wildman–Crippen LogP) is 2.46. The molecule has 5 atom stereocenters. The first kappa shape index (κ1) is 15.8. The predicted molar refractivity (Wildman–Crippen MR) is 85.3 cm³/mol. The number of rotatable bonds is 6. The zero-order chi connectivity index (χ0) is 14.7. The Hall–Kier alpha value is -0.0800. The Morgan fingerprint density at radius 3 is 2.67 bits per heavy atom. The van der Waals surface area contributed by atoms with Crippen LogP contribution in [0.3, 0.4) is 0 Å². The van der Waals surface area contributed by atoms with E-state index in [0.29, 0.717) is 11.6 Å². The maximum atomic E-state index is 11.8. The summed E-state index contributed by atoms with van der Waals surface area (Å²) in [4.78, 5) is 1.81. The highest BCUT2D eigenvalue weighted by Crippen LogP contribution is 2.43. The molecule has 1 spiro atoms. The fourth-order valence-corrected chi connectivity index (χ4v) is 6.17. The highest BCUT2D eigenvalue weighted by molar-refractivity contribution is 4.98. The Balaban J connectivity index is 1.70. The lowest BCUT2D eigenvalue weighted by Crippen LogP contribution is -3.26. The minimum atomic E-state index is 0.176. The van der Waals surface area contributed by atoms with E-state index in [-0.39, 0.29) is 6.61 Å². The van der Waals surface area contributed by atoms with Gasteiger partial charge >= 0.3 is 0 Å². The summed E-state index contributed by atoms with van der Waals surface area (Å²) in [5, 5.41) is 11.8. The molecular formula is C19H35NO. The molecule has 2 saturated heterocycles. The molecule has 0 aromatic heterocycles. The molecule has 3 aliphatic rings. The van der Waals surface area contributed by atoms with Crippen LogP contribution >= 0.6 is 0 Å². The lowest BCUT2D eigenvalue weighted by atomic mass is 9.66. The van der Waals surface area contributed by atoms with E-state index >= 15 is 0 Å². The molecule has 3 rings (SSSR count). The summed E-state index contributed by atoms with van der Waals surface area (Å²) in [6.07, 6.45) is 18.1. The zero-order valence-electron chi connectivity index (χ0n) is 14.0. The standard InChI is InChI=1S/C19H34NO/c1-2-3-4-5-9-17-11-10-16-8-6-7-13-19(16)14-12-18(15-21)20(17)19/h16-18H,2-15H2,1H3/q-1/p+1/t16-,17+,18+,19+/m0/s1. The minimum absolute atomic E-state index is 0.176. The molecule has 1 aliphatic carbocycles. The summed E-state index contributed by atoms with van der Waals surface area (Å²) >= 11 is 0. The molecule has 1 unspecified atom stereocenters. The van der Waals surface area contributed by atoms with E-state index in [1.165, 1.54) is 83.5 Å². The summed E-state index contributed by atoms with van der Waals surface area (Å²) < 4.78 is 0. The molecule has 1 saturated carbocycles. The average molecular weight is 293 g/mol. The van der Waals surface area contributed by atoms with Gasteiger partial charge in [0.05, 0.1) is 12.1 Å². The lowest BCUT2D eigenvalue weighted by Gasteiger charge is -2.53. The summed E-state index contributed by atoms with van der Waals surface area (Å²) in [5.41, 5.74) is 0.543. The van der Waals surface area contributed by atoms with E-state index in [2.05, 4.69) is 6.92 Å². The summed E-state index contributed by atoms with van der Waals surface area (Å²) in [6, 6.07) is 1.26. The molecule has 1 N–H and O–H groups in total. The van der Waals surface area contributed by atoms with Gasteiger partial charge in [0.25, 0.3) is 0 Å². The number of nitrogens with one attached hydrogen (secondary N) is 1. The van der Waals surface area contributed by atoms with E-state index < -0.39 is 0 Å². The van der Waals surface area contributed by atoms with Crippen LogP contribution in [0.4, 0.5) is 0 Å².